The molecule has 4 nitrogen and oxygen atoms in total. The first-order valence-corrected chi connectivity index (χ1v) is 7.79. The van der Waals surface area contributed by atoms with Crippen molar-refractivity contribution in [2.45, 2.75) is 17.9 Å². The Bertz CT molecular complexity index is 531. The molecule has 0 aromatic heterocycles. The van der Waals surface area contributed by atoms with Gasteiger partial charge in [0.1, 0.15) is 0 Å². The average molecular weight is 346 g/mol. The van der Waals surface area contributed by atoms with Crippen molar-refractivity contribution in [3.63, 3.8) is 0 Å². The summed E-state index contributed by atoms with van der Waals surface area (Å²) in [6.45, 7) is 3.50. The van der Waals surface area contributed by atoms with E-state index in [2.05, 4.69) is 5.32 Å². The number of hydrogen-bond acceptors (Lipinski definition) is 3. The zero-order chi connectivity index (χ0) is 13.3. The monoisotopic (exact) mass is 344 g/mol. The topological polar surface area (TPSA) is 49.4 Å². The molecule has 0 spiro atoms. The summed E-state index contributed by atoms with van der Waals surface area (Å²) >= 11 is 11.7. The SMILES string of the molecule is CC1CN(S(=O)(=O)c2cc(Cl)cc(Cl)c2)CCN1.Cl. The maximum Gasteiger partial charge on any atom is 0.243 e. The number of sulfonamides is 1. The van der Waals surface area contributed by atoms with Gasteiger partial charge in [-0.3, -0.25) is 0 Å². The molecule has 1 atom stereocenters. The molecule has 0 bridgehead atoms. The summed E-state index contributed by atoms with van der Waals surface area (Å²) in [6, 6.07) is 4.51. The largest absolute Gasteiger partial charge is 0.312 e. The van der Waals surface area contributed by atoms with Crippen LogP contribution >= 0.6 is 35.6 Å². The predicted octanol–water partition coefficient (Wildman–Crippen LogP) is 2.40. The van der Waals surface area contributed by atoms with Gasteiger partial charge in [-0.2, -0.15) is 4.31 Å². The van der Waals surface area contributed by atoms with Gasteiger partial charge in [0.2, 0.25) is 10.0 Å². The van der Waals surface area contributed by atoms with Gasteiger partial charge in [0.15, 0.2) is 0 Å². The first kappa shape index (κ1) is 17.0. The van der Waals surface area contributed by atoms with Gasteiger partial charge in [0.25, 0.3) is 0 Å². The van der Waals surface area contributed by atoms with Crippen LogP contribution in [-0.2, 0) is 10.0 Å². The highest BCUT2D eigenvalue weighted by molar-refractivity contribution is 7.89. The molecule has 1 unspecified atom stereocenters. The van der Waals surface area contributed by atoms with Crippen molar-refractivity contribution in [2.75, 3.05) is 19.6 Å². The molecule has 1 aliphatic rings. The summed E-state index contributed by atoms with van der Waals surface area (Å²) in [5.41, 5.74) is 0. The van der Waals surface area contributed by atoms with Crippen molar-refractivity contribution < 1.29 is 8.42 Å². The molecule has 1 saturated heterocycles. The third-order valence-electron chi connectivity index (χ3n) is 2.81. The van der Waals surface area contributed by atoms with Crippen LogP contribution in [0.25, 0.3) is 0 Å². The number of hydrogen-bond donors (Lipinski definition) is 1. The molecule has 0 amide bonds. The zero-order valence-electron chi connectivity index (χ0n) is 10.3. The molecule has 1 aromatic carbocycles. The average Bonchev–Trinajstić information content (AvgIpc) is 2.27. The maximum atomic E-state index is 12.4. The van der Waals surface area contributed by atoms with Gasteiger partial charge >= 0.3 is 0 Å². The predicted molar refractivity (Wildman–Crippen MR) is 79.9 cm³/mol. The van der Waals surface area contributed by atoms with E-state index in [-0.39, 0.29) is 23.3 Å². The molecule has 1 heterocycles. The molecule has 1 fully saturated rings. The Morgan fingerprint density at radius 1 is 1.26 bits per heavy atom. The van der Waals surface area contributed by atoms with Crippen molar-refractivity contribution >= 4 is 45.6 Å². The highest BCUT2D eigenvalue weighted by Gasteiger charge is 2.28. The normalized spacial score (nSPS) is 20.9. The molecule has 1 aromatic rings. The van der Waals surface area contributed by atoms with Crippen LogP contribution in [0.5, 0.6) is 0 Å². The zero-order valence-corrected chi connectivity index (χ0v) is 13.4. The lowest BCUT2D eigenvalue weighted by molar-refractivity contribution is 0.310. The Morgan fingerprint density at radius 3 is 2.37 bits per heavy atom. The quantitative estimate of drug-likeness (QED) is 0.895. The van der Waals surface area contributed by atoms with Crippen LogP contribution in [0.1, 0.15) is 6.92 Å². The van der Waals surface area contributed by atoms with Gasteiger partial charge in [-0.15, -0.1) is 12.4 Å². The minimum Gasteiger partial charge on any atom is -0.312 e. The number of benzene rings is 1. The molecular weight excluding hydrogens is 331 g/mol. The highest BCUT2D eigenvalue weighted by atomic mass is 35.5. The molecule has 1 aliphatic heterocycles. The molecule has 1 N–H and O–H groups in total. The number of piperazine rings is 1. The van der Waals surface area contributed by atoms with Crippen LogP contribution in [0.3, 0.4) is 0 Å². The first-order valence-electron chi connectivity index (χ1n) is 5.59. The summed E-state index contributed by atoms with van der Waals surface area (Å²) < 4.78 is 26.3. The molecule has 108 valence electrons. The Labute approximate surface area is 129 Å². The fourth-order valence-corrected chi connectivity index (χ4v) is 4.20. The summed E-state index contributed by atoms with van der Waals surface area (Å²) in [5.74, 6) is 0. The second-order valence-electron chi connectivity index (χ2n) is 4.32. The third kappa shape index (κ3) is 3.97. The number of nitrogens with one attached hydrogen (secondary N) is 1. The second-order valence-corrected chi connectivity index (χ2v) is 7.13. The third-order valence-corrected chi connectivity index (χ3v) is 5.08. The van der Waals surface area contributed by atoms with Gasteiger partial charge in [0, 0.05) is 35.7 Å². The van der Waals surface area contributed by atoms with E-state index in [0.717, 1.165) is 0 Å². The van der Waals surface area contributed by atoms with Gasteiger partial charge in [-0.05, 0) is 25.1 Å². The van der Waals surface area contributed by atoms with E-state index in [9.17, 15) is 8.42 Å². The van der Waals surface area contributed by atoms with Crippen molar-refractivity contribution in [2.24, 2.45) is 0 Å². The fraction of sp³-hybridized carbons (Fsp3) is 0.455. The number of rotatable bonds is 2. The summed E-state index contributed by atoms with van der Waals surface area (Å²) in [6.07, 6.45) is 0. The van der Waals surface area contributed by atoms with E-state index in [1.165, 1.54) is 22.5 Å². The van der Waals surface area contributed by atoms with Crippen LogP contribution in [0.15, 0.2) is 23.1 Å². The van der Waals surface area contributed by atoms with E-state index in [4.69, 9.17) is 23.2 Å². The summed E-state index contributed by atoms with van der Waals surface area (Å²) in [7, 11) is -3.52. The van der Waals surface area contributed by atoms with E-state index < -0.39 is 10.0 Å². The molecule has 0 aliphatic carbocycles. The standard InChI is InChI=1S/C11H14Cl2N2O2S.ClH/c1-8-7-15(3-2-14-8)18(16,17)11-5-9(12)4-10(13)6-11;/h4-6,8,14H,2-3,7H2,1H3;1H. The van der Waals surface area contributed by atoms with E-state index in [1.807, 2.05) is 6.92 Å². The smallest absolute Gasteiger partial charge is 0.243 e. The van der Waals surface area contributed by atoms with E-state index in [1.54, 1.807) is 0 Å². The lowest BCUT2D eigenvalue weighted by Crippen LogP contribution is -2.51. The van der Waals surface area contributed by atoms with Crippen LogP contribution < -0.4 is 5.32 Å². The van der Waals surface area contributed by atoms with E-state index in [0.29, 0.717) is 29.7 Å². The van der Waals surface area contributed by atoms with Crippen LogP contribution in [-0.4, -0.2) is 38.4 Å². The van der Waals surface area contributed by atoms with Crippen molar-refractivity contribution in [3.8, 4) is 0 Å². The second kappa shape index (κ2) is 6.61. The van der Waals surface area contributed by atoms with Crippen LogP contribution in [0.4, 0.5) is 0 Å². The lowest BCUT2D eigenvalue weighted by atomic mass is 10.3. The summed E-state index contributed by atoms with van der Waals surface area (Å²) in [4.78, 5) is 0.147. The number of halogens is 3. The van der Waals surface area contributed by atoms with Crippen molar-refractivity contribution in [3.05, 3.63) is 28.2 Å². The fourth-order valence-electron chi connectivity index (χ4n) is 1.94. The lowest BCUT2D eigenvalue weighted by Gasteiger charge is -2.31. The molecule has 2 rings (SSSR count). The highest BCUT2D eigenvalue weighted by Crippen LogP contribution is 2.25. The van der Waals surface area contributed by atoms with Gasteiger partial charge in [-0.25, -0.2) is 8.42 Å². The molecular formula is C11H15Cl3N2O2S. The van der Waals surface area contributed by atoms with Crippen LogP contribution in [0.2, 0.25) is 10.0 Å². The van der Waals surface area contributed by atoms with Gasteiger partial charge in [0.05, 0.1) is 4.90 Å². The van der Waals surface area contributed by atoms with Crippen molar-refractivity contribution in [1.29, 1.82) is 0 Å². The van der Waals surface area contributed by atoms with Gasteiger partial charge < -0.3 is 5.32 Å². The Kier molecular flexibility index (Phi) is 5.92. The number of nitrogens with zero attached hydrogens (tertiary/aromatic N) is 1. The van der Waals surface area contributed by atoms with Crippen molar-refractivity contribution in [1.82, 2.24) is 9.62 Å². The van der Waals surface area contributed by atoms with Crippen LogP contribution in [0, 0.1) is 0 Å². The minimum atomic E-state index is -3.52. The van der Waals surface area contributed by atoms with Gasteiger partial charge in [-0.1, -0.05) is 23.2 Å². The Morgan fingerprint density at radius 2 is 1.84 bits per heavy atom. The Balaban J connectivity index is 0.00000180. The Hall–Kier alpha value is -0.0400. The summed E-state index contributed by atoms with van der Waals surface area (Å²) in [5, 5.41) is 3.85. The molecule has 8 heteroatoms. The molecule has 0 radical (unpaired) electrons. The first-order chi connectivity index (χ1) is 8.39. The molecule has 0 saturated carbocycles. The minimum absolute atomic E-state index is 0. The van der Waals surface area contributed by atoms with E-state index >= 15 is 0 Å². The maximum absolute atomic E-state index is 12.4. The molecule has 19 heavy (non-hydrogen) atoms.